The molecule has 0 atom stereocenters. The van der Waals surface area contributed by atoms with E-state index in [1.807, 2.05) is 0 Å². The molecule has 120 valence electrons. The second kappa shape index (κ2) is 7.63. The Morgan fingerprint density at radius 2 is 2.05 bits per heavy atom. The first kappa shape index (κ1) is 16.1. The molecule has 2 rings (SSSR count). The van der Waals surface area contributed by atoms with E-state index in [0.29, 0.717) is 12.3 Å². The molecule has 0 radical (unpaired) electrons. The fourth-order valence-electron chi connectivity index (χ4n) is 2.26. The molecule has 1 aliphatic rings. The molecule has 7 heteroatoms. The van der Waals surface area contributed by atoms with E-state index in [0.717, 1.165) is 25.9 Å². The molecule has 22 heavy (non-hydrogen) atoms. The molecule has 0 aromatic heterocycles. The van der Waals surface area contributed by atoms with E-state index < -0.39 is 11.8 Å². The highest BCUT2D eigenvalue weighted by atomic mass is 19.1. The minimum atomic E-state index is -0.548. The van der Waals surface area contributed by atoms with Gasteiger partial charge in [0.15, 0.2) is 11.6 Å². The summed E-state index contributed by atoms with van der Waals surface area (Å²) in [5.74, 6) is -0.518. The predicted molar refractivity (Wildman–Crippen MR) is 80.4 cm³/mol. The van der Waals surface area contributed by atoms with Gasteiger partial charge in [0.2, 0.25) is 5.91 Å². The van der Waals surface area contributed by atoms with E-state index in [1.54, 1.807) is 11.8 Å². The van der Waals surface area contributed by atoms with Gasteiger partial charge in [-0.05, 0) is 31.9 Å². The van der Waals surface area contributed by atoms with Crippen LogP contribution in [-0.4, -0.2) is 43.1 Å². The first-order valence-electron chi connectivity index (χ1n) is 7.35. The van der Waals surface area contributed by atoms with Crippen LogP contribution in [0, 0.1) is 5.82 Å². The van der Waals surface area contributed by atoms with Crippen LogP contribution in [0.2, 0.25) is 0 Å². The van der Waals surface area contributed by atoms with Gasteiger partial charge in [-0.25, -0.2) is 9.18 Å². The Balaban J connectivity index is 1.81. The molecule has 1 saturated heterocycles. The van der Waals surface area contributed by atoms with Crippen LogP contribution in [0.15, 0.2) is 18.2 Å². The fraction of sp³-hybridized carbons (Fsp3) is 0.467. The third-order valence-electron chi connectivity index (χ3n) is 3.35. The van der Waals surface area contributed by atoms with Gasteiger partial charge in [0.25, 0.3) is 0 Å². The highest BCUT2D eigenvalue weighted by Gasteiger charge is 2.18. The number of amides is 3. The number of nitrogens with zero attached hydrogens (tertiary/aromatic N) is 1. The van der Waals surface area contributed by atoms with Crippen LogP contribution in [-0.2, 0) is 4.79 Å². The number of nitrogens with one attached hydrogen (secondary N) is 2. The van der Waals surface area contributed by atoms with Crippen LogP contribution in [0.1, 0.15) is 19.8 Å². The molecule has 0 bridgehead atoms. The van der Waals surface area contributed by atoms with E-state index >= 15 is 0 Å². The molecule has 1 heterocycles. The van der Waals surface area contributed by atoms with Gasteiger partial charge in [-0.15, -0.1) is 0 Å². The molecule has 0 unspecified atom stereocenters. The predicted octanol–water partition coefficient (Wildman–Crippen LogP) is 1.97. The maximum atomic E-state index is 13.6. The highest BCUT2D eigenvalue weighted by Crippen LogP contribution is 2.21. The standard InChI is InChI=1S/C15H20FN3O3/c1-2-22-13-6-5-11(9-12(13)16)18-15(21)17-10-14(20)19-7-3-4-8-19/h5-6,9H,2-4,7-8,10H2,1H3,(H2,17,18,21). The van der Waals surface area contributed by atoms with Crippen LogP contribution >= 0.6 is 0 Å². The summed E-state index contributed by atoms with van der Waals surface area (Å²) in [6, 6.07) is 3.61. The number of ether oxygens (including phenoxy) is 1. The lowest BCUT2D eigenvalue weighted by Crippen LogP contribution is -2.40. The van der Waals surface area contributed by atoms with Crippen molar-refractivity contribution in [2.75, 3.05) is 31.6 Å². The third kappa shape index (κ3) is 4.34. The molecule has 1 aromatic rings. The number of carbonyl (C=O) groups is 2. The Labute approximate surface area is 128 Å². The summed E-state index contributed by atoms with van der Waals surface area (Å²) in [4.78, 5) is 25.2. The Bertz CT molecular complexity index is 545. The number of hydrogen-bond acceptors (Lipinski definition) is 3. The molecular weight excluding hydrogens is 289 g/mol. The molecule has 0 aliphatic carbocycles. The second-order valence-electron chi connectivity index (χ2n) is 4.97. The molecule has 3 amide bonds. The normalized spacial score (nSPS) is 13.8. The highest BCUT2D eigenvalue weighted by molar-refractivity contribution is 5.92. The van der Waals surface area contributed by atoms with Crippen molar-refractivity contribution < 1.29 is 18.7 Å². The number of likely N-dealkylation sites (tertiary alicyclic amines) is 1. The zero-order valence-corrected chi connectivity index (χ0v) is 12.5. The van der Waals surface area contributed by atoms with E-state index in [-0.39, 0.29) is 18.2 Å². The van der Waals surface area contributed by atoms with Crippen LogP contribution < -0.4 is 15.4 Å². The average molecular weight is 309 g/mol. The molecule has 0 spiro atoms. The van der Waals surface area contributed by atoms with Crippen LogP contribution in [0.3, 0.4) is 0 Å². The van der Waals surface area contributed by atoms with E-state index in [1.165, 1.54) is 18.2 Å². The lowest BCUT2D eigenvalue weighted by molar-refractivity contribution is -0.128. The first-order valence-corrected chi connectivity index (χ1v) is 7.35. The van der Waals surface area contributed by atoms with Gasteiger partial charge in [0.1, 0.15) is 0 Å². The minimum absolute atomic E-state index is 0.0641. The average Bonchev–Trinajstić information content (AvgIpc) is 3.02. The van der Waals surface area contributed by atoms with Crippen molar-refractivity contribution in [1.82, 2.24) is 10.2 Å². The van der Waals surface area contributed by atoms with E-state index in [2.05, 4.69) is 10.6 Å². The number of benzene rings is 1. The molecule has 1 aliphatic heterocycles. The summed E-state index contributed by atoms with van der Waals surface area (Å²) < 4.78 is 18.7. The van der Waals surface area contributed by atoms with E-state index in [4.69, 9.17) is 4.74 Å². The van der Waals surface area contributed by atoms with Gasteiger partial charge in [-0.2, -0.15) is 0 Å². The van der Waals surface area contributed by atoms with E-state index in [9.17, 15) is 14.0 Å². The summed E-state index contributed by atoms with van der Waals surface area (Å²) in [5, 5.41) is 4.95. The molecule has 0 saturated carbocycles. The van der Waals surface area contributed by atoms with Gasteiger partial charge >= 0.3 is 6.03 Å². The molecule has 1 aromatic carbocycles. The van der Waals surface area contributed by atoms with Crippen molar-refractivity contribution in [3.05, 3.63) is 24.0 Å². The molecule has 1 fully saturated rings. The van der Waals surface area contributed by atoms with Crippen molar-refractivity contribution in [2.45, 2.75) is 19.8 Å². The second-order valence-corrected chi connectivity index (χ2v) is 4.97. The quantitative estimate of drug-likeness (QED) is 0.873. The van der Waals surface area contributed by atoms with Gasteiger partial charge in [0, 0.05) is 24.8 Å². The van der Waals surface area contributed by atoms with Crippen molar-refractivity contribution >= 4 is 17.6 Å². The smallest absolute Gasteiger partial charge is 0.319 e. The maximum absolute atomic E-state index is 13.6. The number of rotatable bonds is 5. The van der Waals surface area contributed by atoms with Crippen molar-refractivity contribution in [1.29, 1.82) is 0 Å². The molecular formula is C15H20FN3O3. The number of anilines is 1. The third-order valence-corrected chi connectivity index (χ3v) is 3.35. The number of urea groups is 1. The van der Waals surface area contributed by atoms with Gasteiger partial charge in [-0.3, -0.25) is 4.79 Å². The topological polar surface area (TPSA) is 70.7 Å². The minimum Gasteiger partial charge on any atom is -0.491 e. The van der Waals surface area contributed by atoms with Crippen LogP contribution in [0.25, 0.3) is 0 Å². The number of hydrogen-bond donors (Lipinski definition) is 2. The zero-order chi connectivity index (χ0) is 15.9. The fourth-order valence-corrected chi connectivity index (χ4v) is 2.26. The van der Waals surface area contributed by atoms with Gasteiger partial charge in [0.05, 0.1) is 13.2 Å². The summed E-state index contributed by atoms with van der Waals surface area (Å²) >= 11 is 0. The summed E-state index contributed by atoms with van der Waals surface area (Å²) in [6.45, 7) is 3.54. The van der Waals surface area contributed by atoms with Crippen molar-refractivity contribution in [3.8, 4) is 5.75 Å². The lowest BCUT2D eigenvalue weighted by atomic mass is 10.3. The zero-order valence-electron chi connectivity index (χ0n) is 12.5. The number of halogens is 1. The van der Waals surface area contributed by atoms with Crippen molar-refractivity contribution in [2.24, 2.45) is 0 Å². The summed E-state index contributed by atoms with van der Waals surface area (Å²) in [5.41, 5.74) is 0.298. The van der Waals surface area contributed by atoms with Crippen molar-refractivity contribution in [3.63, 3.8) is 0 Å². The summed E-state index contributed by atoms with van der Waals surface area (Å²) in [7, 11) is 0. The van der Waals surface area contributed by atoms with Crippen LogP contribution in [0.4, 0.5) is 14.9 Å². The largest absolute Gasteiger partial charge is 0.491 e. The Hall–Kier alpha value is -2.31. The monoisotopic (exact) mass is 309 g/mol. The van der Waals surface area contributed by atoms with Crippen LogP contribution in [0.5, 0.6) is 5.75 Å². The lowest BCUT2D eigenvalue weighted by Gasteiger charge is -2.15. The maximum Gasteiger partial charge on any atom is 0.319 e. The van der Waals surface area contributed by atoms with Gasteiger partial charge < -0.3 is 20.3 Å². The number of carbonyl (C=O) groups excluding carboxylic acids is 2. The molecule has 2 N–H and O–H groups in total. The first-order chi connectivity index (χ1) is 10.6. The van der Waals surface area contributed by atoms with Gasteiger partial charge in [-0.1, -0.05) is 0 Å². The Morgan fingerprint density at radius 3 is 2.68 bits per heavy atom. The summed E-state index contributed by atoms with van der Waals surface area (Å²) in [6.07, 6.45) is 2.01. The Morgan fingerprint density at radius 1 is 1.32 bits per heavy atom. The Kier molecular flexibility index (Phi) is 5.57. The molecule has 6 nitrogen and oxygen atoms in total. The SMILES string of the molecule is CCOc1ccc(NC(=O)NCC(=O)N2CCCC2)cc1F.